The zero-order valence-electron chi connectivity index (χ0n) is 11.8. The van der Waals surface area contributed by atoms with Crippen molar-refractivity contribution in [3.05, 3.63) is 22.4 Å². The summed E-state index contributed by atoms with van der Waals surface area (Å²) >= 11 is 3.56. The molecular formula is C14H22N2OS2. The van der Waals surface area contributed by atoms with Gasteiger partial charge in [-0.2, -0.15) is 11.8 Å². The van der Waals surface area contributed by atoms with E-state index in [1.165, 1.54) is 4.88 Å². The first kappa shape index (κ1) is 14.9. The first-order valence-electron chi connectivity index (χ1n) is 6.79. The summed E-state index contributed by atoms with van der Waals surface area (Å²) in [6, 6.07) is 4.43. The molecule has 3 nitrogen and oxygen atoms in total. The summed E-state index contributed by atoms with van der Waals surface area (Å²) in [6.45, 7) is 4.23. The van der Waals surface area contributed by atoms with Crippen molar-refractivity contribution in [3.8, 4) is 0 Å². The minimum atomic E-state index is -0.0242. The Morgan fingerprint density at radius 2 is 2.37 bits per heavy atom. The molecule has 0 aromatic carbocycles. The molecule has 1 saturated heterocycles. The second-order valence-corrected chi connectivity index (χ2v) is 6.89. The zero-order valence-corrected chi connectivity index (χ0v) is 13.4. The molecule has 19 heavy (non-hydrogen) atoms. The van der Waals surface area contributed by atoms with Gasteiger partial charge in [0.05, 0.1) is 6.04 Å². The van der Waals surface area contributed by atoms with Gasteiger partial charge in [0.25, 0.3) is 0 Å². The highest BCUT2D eigenvalue weighted by Gasteiger charge is 2.41. The van der Waals surface area contributed by atoms with Gasteiger partial charge < -0.3 is 4.90 Å². The predicted molar refractivity (Wildman–Crippen MR) is 83.6 cm³/mol. The molecular weight excluding hydrogens is 276 g/mol. The summed E-state index contributed by atoms with van der Waals surface area (Å²) in [5, 5.41) is 5.56. The maximum Gasteiger partial charge on any atom is 0.241 e. The minimum absolute atomic E-state index is 0.0242. The summed E-state index contributed by atoms with van der Waals surface area (Å²) < 4.78 is 0. The third-order valence-corrected chi connectivity index (χ3v) is 5.19. The predicted octanol–water partition coefficient (Wildman–Crippen LogP) is 3.10. The number of thiophene rings is 1. The second kappa shape index (κ2) is 6.77. The molecule has 0 spiro atoms. The molecule has 0 bridgehead atoms. The van der Waals surface area contributed by atoms with E-state index in [-0.39, 0.29) is 24.2 Å². The van der Waals surface area contributed by atoms with Crippen LogP contribution >= 0.6 is 23.1 Å². The minimum Gasteiger partial charge on any atom is -0.318 e. The first-order chi connectivity index (χ1) is 9.19. The van der Waals surface area contributed by atoms with Gasteiger partial charge in [0.15, 0.2) is 0 Å². The van der Waals surface area contributed by atoms with Crippen molar-refractivity contribution in [2.75, 3.05) is 12.0 Å². The average Bonchev–Trinajstić information content (AvgIpc) is 3.03. The highest BCUT2D eigenvalue weighted by Crippen LogP contribution is 2.32. The smallest absolute Gasteiger partial charge is 0.241 e. The summed E-state index contributed by atoms with van der Waals surface area (Å²) in [6.07, 6.45) is 4.08. The van der Waals surface area contributed by atoms with Gasteiger partial charge in [-0.25, -0.2) is 0 Å². The Kier molecular flexibility index (Phi) is 5.30. The van der Waals surface area contributed by atoms with Gasteiger partial charge in [0.1, 0.15) is 6.17 Å². The Morgan fingerprint density at radius 3 is 2.95 bits per heavy atom. The zero-order chi connectivity index (χ0) is 13.8. The van der Waals surface area contributed by atoms with Crippen LogP contribution in [0.5, 0.6) is 0 Å². The van der Waals surface area contributed by atoms with Gasteiger partial charge in [-0.3, -0.25) is 10.1 Å². The van der Waals surface area contributed by atoms with Crippen LogP contribution in [-0.4, -0.2) is 34.9 Å². The van der Waals surface area contributed by atoms with Crippen molar-refractivity contribution in [2.45, 2.75) is 44.9 Å². The largest absolute Gasteiger partial charge is 0.318 e. The molecule has 0 radical (unpaired) electrons. The molecule has 1 amide bonds. The maximum absolute atomic E-state index is 12.5. The van der Waals surface area contributed by atoms with Crippen LogP contribution in [0.1, 0.15) is 37.7 Å². The van der Waals surface area contributed by atoms with E-state index in [1.54, 1.807) is 11.3 Å². The Bertz CT molecular complexity index is 408. The van der Waals surface area contributed by atoms with E-state index in [1.807, 2.05) is 11.8 Å². The quantitative estimate of drug-likeness (QED) is 0.876. The van der Waals surface area contributed by atoms with Gasteiger partial charge >= 0.3 is 0 Å². The Hall–Kier alpha value is -0.520. The number of carbonyl (C=O) groups is 1. The second-order valence-electron chi connectivity index (χ2n) is 4.92. The van der Waals surface area contributed by atoms with Crippen LogP contribution in [-0.2, 0) is 4.79 Å². The molecule has 1 aliphatic heterocycles. The summed E-state index contributed by atoms with van der Waals surface area (Å²) in [4.78, 5) is 15.8. The summed E-state index contributed by atoms with van der Waals surface area (Å²) in [7, 11) is 0. The SMILES string of the molecule is CCC1NC(c2cccs2)N(C(C)CCSC)C1=O. The van der Waals surface area contributed by atoms with Crippen molar-refractivity contribution >= 4 is 29.0 Å². The van der Waals surface area contributed by atoms with Crippen LogP contribution in [0, 0.1) is 0 Å². The molecule has 2 heterocycles. The molecule has 2 rings (SSSR count). The molecule has 1 aliphatic rings. The Balaban J connectivity index is 2.17. The highest BCUT2D eigenvalue weighted by atomic mass is 32.2. The van der Waals surface area contributed by atoms with Crippen LogP contribution in [0.2, 0.25) is 0 Å². The van der Waals surface area contributed by atoms with E-state index in [0.717, 1.165) is 18.6 Å². The molecule has 0 saturated carbocycles. The lowest BCUT2D eigenvalue weighted by atomic mass is 10.2. The van der Waals surface area contributed by atoms with E-state index in [2.05, 4.69) is 47.8 Å². The fourth-order valence-corrected chi connectivity index (χ4v) is 3.87. The number of hydrogen-bond acceptors (Lipinski definition) is 4. The van der Waals surface area contributed by atoms with E-state index < -0.39 is 0 Å². The maximum atomic E-state index is 12.5. The summed E-state index contributed by atoms with van der Waals surface area (Å²) in [5.41, 5.74) is 0. The number of hydrogen-bond donors (Lipinski definition) is 1. The number of nitrogens with one attached hydrogen (secondary N) is 1. The molecule has 1 aromatic rings. The van der Waals surface area contributed by atoms with Crippen molar-refractivity contribution in [2.24, 2.45) is 0 Å². The summed E-state index contributed by atoms with van der Waals surface area (Å²) in [5.74, 6) is 1.35. The van der Waals surface area contributed by atoms with E-state index in [9.17, 15) is 4.79 Å². The lowest BCUT2D eigenvalue weighted by Gasteiger charge is -2.29. The normalized spacial score (nSPS) is 25.0. The van der Waals surface area contributed by atoms with E-state index in [4.69, 9.17) is 0 Å². The fourth-order valence-electron chi connectivity index (χ4n) is 2.51. The topological polar surface area (TPSA) is 32.3 Å². The molecule has 3 atom stereocenters. The lowest BCUT2D eigenvalue weighted by molar-refractivity contribution is -0.132. The molecule has 1 aromatic heterocycles. The van der Waals surface area contributed by atoms with Gasteiger partial charge in [-0.1, -0.05) is 13.0 Å². The van der Waals surface area contributed by atoms with Crippen molar-refractivity contribution in [3.63, 3.8) is 0 Å². The average molecular weight is 298 g/mol. The monoisotopic (exact) mass is 298 g/mol. The standard InChI is InChI=1S/C14H22N2OS2/c1-4-11-14(17)16(10(2)7-9-18-3)13(15-11)12-6-5-8-19-12/h5-6,8,10-11,13,15H,4,7,9H2,1-3H3. The molecule has 5 heteroatoms. The van der Waals surface area contributed by atoms with Crippen LogP contribution in [0.25, 0.3) is 0 Å². The van der Waals surface area contributed by atoms with E-state index in [0.29, 0.717) is 0 Å². The van der Waals surface area contributed by atoms with Crippen molar-refractivity contribution < 1.29 is 4.79 Å². The Labute approximate surface area is 123 Å². The lowest BCUT2D eigenvalue weighted by Crippen LogP contribution is -2.38. The van der Waals surface area contributed by atoms with Gasteiger partial charge in [-0.05, 0) is 43.2 Å². The van der Waals surface area contributed by atoms with Crippen LogP contribution < -0.4 is 5.32 Å². The number of nitrogens with zero attached hydrogens (tertiary/aromatic N) is 1. The molecule has 106 valence electrons. The number of rotatable bonds is 6. The van der Waals surface area contributed by atoms with Gasteiger partial charge in [0, 0.05) is 10.9 Å². The third kappa shape index (κ3) is 3.15. The van der Waals surface area contributed by atoms with Crippen LogP contribution in [0.15, 0.2) is 17.5 Å². The van der Waals surface area contributed by atoms with Crippen LogP contribution in [0.4, 0.5) is 0 Å². The van der Waals surface area contributed by atoms with Crippen molar-refractivity contribution in [1.82, 2.24) is 10.2 Å². The molecule has 1 fully saturated rings. The highest BCUT2D eigenvalue weighted by molar-refractivity contribution is 7.98. The first-order valence-corrected chi connectivity index (χ1v) is 9.07. The number of amides is 1. The number of carbonyl (C=O) groups excluding carboxylic acids is 1. The number of thioether (sulfide) groups is 1. The third-order valence-electron chi connectivity index (χ3n) is 3.63. The van der Waals surface area contributed by atoms with Crippen molar-refractivity contribution in [1.29, 1.82) is 0 Å². The Morgan fingerprint density at radius 1 is 1.58 bits per heavy atom. The van der Waals surface area contributed by atoms with Gasteiger partial charge in [0.2, 0.25) is 5.91 Å². The van der Waals surface area contributed by atoms with Crippen LogP contribution in [0.3, 0.4) is 0 Å². The fraction of sp³-hybridized carbons (Fsp3) is 0.643. The van der Waals surface area contributed by atoms with Gasteiger partial charge in [-0.15, -0.1) is 11.3 Å². The molecule has 3 unspecified atom stereocenters. The molecule has 1 N–H and O–H groups in total. The van der Waals surface area contributed by atoms with E-state index >= 15 is 0 Å². The molecule has 0 aliphatic carbocycles.